The van der Waals surface area contributed by atoms with E-state index in [1.54, 1.807) is 12.3 Å². The maximum atomic E-state index is 8.04. The summed E-state index contributed by atoms with van der Waals surface area (Å²) in [5, 5.41) is 0.764. The second-order valence-electron chi connectivity index (χ2n) is 4.13. The average Bonchev–Trinajstić information content (AvgIpc) is 2.95. The van der Waals surface area contributed by atoms with Crippen LogP contribution in [0.4, 0.5) is 0 Å². The van der Waals surface area contributed by atoms with Gasteiger partial charge in [0.15, 0.2) is 0 Å². The highest BCUT2D eigenvalue weighted by Crippen LogP contribution is 2.28. The molecule has 19 heavy (non-hydrogen) atoms. The number of benzene rings is 1. The van der Waals surface area contributed by atoms with Gasteiger partial charge in [0.05, 0.1) is 25.7 Å². The van der Waals surface area contributed by atoms with Crippen molar-refractivity contribution in [2.45, 2.75) is 6.42 Å². The Morgan fingerprint density at radius 3 is 3.05 bits per heavy atom. The van der Waals surface area contributed by atoms with Crippen molar-refractivity contribution in [1.29, 1.82) is 0 Å². The third-order valence-electron chi connectivity index (χ3n) is 3.04. The molecule has 1 aliphatic heterocycles. The van der Waals surface area contributed by atoms with E-state index in [0.29, 0.717) is 10.6 Å². The standard InChI is InChI=1S/C15H20N2O2/c1-18-14-4-2-3-13-15(14)12(11-16-13)5-6-17-7-9-19-10-8-17/h2-4,11,16H,5-10H2,1H3/i7D2,8D2,9D2,10D2. The Bertz CT molecular complexity index is 825. The van der Waals surface area contributed by atoms with Gasteiger partial charge < -0.3 is 14.5 Å². The summed E-state index contributed by atoms with van der Waals surface area (Å²) in [6, 6.07) is 5.42. The van der Waals surface area contributed by atoms with Crippen LogP contribution in [0.3, 0.4) is 0 Å². The SMILES string of the molecule is [2H]C1([2H])OC([2H])([2H])C([2H])([2H])N(CCc2c[nH]c3cccc(OC)c23)C1([2H])[2H]. The van der Waals surface area contributed by atoms with E-state index >= 15 is 0 Å². The second-order valence-corrected chi connectivity index (χ2v) is 4.13. The minimum absolute atomic E-state index is 0.144. The lowest BCUT2D eigenvalue weighted by atomic mass is 10.1. The van der Waals surface area contributed by atoms with Gasteiger partial charge in [-0.05, 0) is 24.1 Å². The normalized spacial score (nSPS) is 33.7. The molecule has 2 heterocycles. The van der Waals surface area contributed by atoms with Gasteiger partial charge in [-0.1, -0.05) is 6.07 Å². The molecule has 4 nitrogen and oxygen atoms in total. The van der Waals surface area contributed by atoms with Crippen LogP contribution in [0.15, 0.2) is 24.4 Å². The zero-order valence-corrected chi connectivity index (χ0v) is 10.5. The van der Waals surface area contributed by atoms with Gasteiger partial charge in [-0.25, -0.2) is 0 Å². The minimum Gasteiger partial charge on any atom is -0.496 e. The molecule has 1 aliphatic rings. The number of nitrogens with one attached hydrogen (secondary N) is 1. The fourth-order valence-corrected chi connectivity index (χ4v) is 2.14. The summed E-state index contributed by atoms with van der Waals surface area (Å²) in [4.78, 5) is 3.62. The molecule has 1 aromatic heterocycles. The Morgan fingerprint density at radius 2 is 2.26 bits per heavy atom. The number of fused-ring (bicyclic) bond motifs is 1. The molecular weight excluding hydrogens is 240 g/mol. The van der Waals surface area contributed by atoms with E-state index in [9.17, 15) is 0 Å². The molecule has 1 fully saturated rings. The predicted octanol–water partition coefficient (Wildman–Crippen LogP) is 2.05. The summed E-state index contributed by atoms with van der Waals surface area (Å²) in [5.74, 6) is 0.599. The van der Waals surface area contributed by atoms with Gasteiger partial charge in [0.25, 0.3) is 0 Å². The first-order valence-corrected chi connectivity index (χ1v) is 5.96. The molecule has 102 valence electrons. The van der Waals surface area contributed by atoms with Crippen molar-refractivity contribution in [3.05, 3.63) is 30.0 Å². The van der Waals surface area contributed by atoms with Crippen molar-refractivity contribution in [3.8, 4) is 5.75 Å². The third kappa shape index (κ3) is 2.60. The molecule has 0 aliphatic carbocycles. The van der Waals surface area contributed by atoms with E-state index in [1.165, 1.54) is 7.11 Å². The van der Waals surface area contributed by atoms with Gasteiger partial charge in [0.2, 0.25) is 0 Å². The third-order valence-corrected chi connectivity index (χ3v) is 3.04. The van der Waals surface area contributed by atoms with Gasteiger partial charge in [0.1, 0.15) is 5.75 Å². The summed E-state index contributed by atoms with van der Waals surface area (Å²) in [6.45, 7) is -12.1. The molecule has 0 saturated carbocycles. The largest absolute Gasteiger partial charge is 0.496 e. The minimum atomic E-state index is -3.03. The second kappa shape index (κ2) is 5.63. The van der Waals surface area contributed by atoms with Crippen molar-refractivity contribution in [1.82, 2.24) is 9.88 Å². The molecule has 0 spiro atoms. The molecule has 1 N–H and O–H groups in total. The first kappa shape index (κ1) is 6.29. The number of hydrogen-bond donors (Lipinski definition) is 1. The van der Waals surface area contributed by atoms with Gasteiger partial charge in [-0.15, -0.1) is 0 Å². The van der Waals surface area contributed by atoms with E-state index in [-0.39, 0.29) is 13.0 Å². The molecule has 0 atom stereocenters. The number of aromatic nitrogens is 1. The fourth-order valence-electron chi connectivity index (χ4n) is 2.14. The van der Waals surface area contributed by atoms with E-state index < -0.39 is 26.1 Å². The monoisotopic (exact) mass is 268 g/mol. The topological polar surface area (TPSA) is 37.5 Å². The fraction of sp³-hybridized carbons (Fsp3) is 0.467. The summed E-state index contributed by atoms with van der Waals surface area (Å²) in [6.07, 6.45) is 1.84. The maximum absolute atomic E-state index is 8.04. The van der Waals surface area contributed by atoms with Gasteiger partial charge in [-0.2, -0.15) is 0 Å². The number of ether oxygens (including phenoxy) is 2. The smallest absolute Gasteiger partial charge is 0.128 e. The summed E-state index contributed by atoms with van der Waals surface area (Å²) >= 11 is 0. The molecule has 0 bridgehead atoms. The first-order chi connectivity index (χ1) is 12.3. The Hall–Kier alpha value is -1.52. The van der Waals surface area contributed by atoms with Crippen molar-refractivity contribution < 1.29 is 20.4 Å². The molecule has 0 radical (unpaired) electrons. The van der Waals surface area contributed by atoms with Crippen LogP contribution in [-0.4, -0.2) is 49.7 Å². The highest BCUT2D eigenvalue weighted by atomic mass is 16.5. The Morgan fingerprint density at radius 1 is 1.42 bits per heavy atom. The zero-order chi connectivity index (χ0) is 20.3. The molecule has 2 aromatic rings. The molecule has 0 amide bonds. The van der Waals surface area contributed by atoms with Gasteiger partial charge >= 0.3 is 0 Å². The van der Waals surface area contributed by atoms with Gasteiger partial charge in [0, 0.05) is 42.1 Å². The first-order valence-electron chi connectivity index (χ1n) is 9.96. The Labute approximate surface area is 124 Å². The van der Waals surface area contributed by atoms with Gasteiger partial charge in [-0.3, -0.25) is 4.90 Å². The predicted molar refractivity (Wildman–Crippen MR) is 75.8 cm³/mol. The Kier molecular flexibility index (Phi) is 1.86. The zero-order valence-electron chi connectivity index (χ0n) is 18.5. The molecular formula is C15H20N2O2. The molecule has 0 unspecified atom stereocenters. The van der Waals surface area contributed by atoms with Crippen LogP contribution >= 0.6 is 0 Å². The number of hydrogen-bond acceptors (Lipinski definition) is 3. The lowest BCUT2D eigenvalue weighted by Crippen LogP contribution is -2.37. The van der Waals surface area contributed by atoms with Crippen molar-refractivity contribution in [2.24, 2.45) is 0 Å². The number of morpholine rings is 1. The molecule has 1 aromatic carbocycles. The number of methoxy groups -OCH3 is 1. The number of nitrogens with zero attached hydrogens (tertiary/aromatic N) is 1. The van der Waals surface area contributed by atoms with E-state index in [1.807, 2.05) is 12.1 Å². The van der Waals surface area contributed by atoms with Crippen LogP contribution in [0.5, 0.6) is 5.75 Å². The van der Waals surface area contributed by atoms with Crippen LogP contribution in [-0.2, 0) is 11.2 Å². The number of H-pyrrole nitrogens is 1. The molecule has 3 rings (SSSR count). The quantitative estimate of drug-likeness (QED) is 0.922. The van der Waals surface area contributed by atoms with Crippen molar-refractivity contribution in [3.63, 3.8) is 0 Å². The van der Waals surface area contributed by atoms with Crippen LogP contribution in [0.25, 0.3) is 10.9 Å². The van der Waals surface area contributed by atoms with E-state index in [4.69, 9.17) is 15.7 Å². The average molecular weight is 268 g/mol. The van der Waals surface area contributed by atoms with Crippen LogP contribution < -0.4 is 4.74 Å². The number of rotatable bonds is 4. The van der Waals surface area contributed by atoms with Crippen LogP contribution in [0.2, 0.25) is 0 Å². The van der Waals surface area contributed by atoms with Crippen LogP contribution in [0.1, 0.15) is 16.5 Å². The number of aromatic amines is 1. The van der Waals surface area contributed by atoms with Crippen LogP contribution in [0, 0.1) is 0 Å². The summed E-state index contributed by atoms with van der Waals surface area (Å²) in [7, 11) is 1.52. The summed E-state index contributed by atoms with van der Waals surface area (Å²) < 4.78 is 73.0. The van der Waals surface area contributed by atoms with Crippen molar-refractivity contribution >= 4 is 10.9 Å². The van der Waals surface area contributed by atoms with E-state index in [2.05, 4.69) is 9.72 Å². The Balaban J connectivity index is 1.96. The highest BCUT2D eigenvalue weighted by Gasteiger charge is 2.13. The molecule has 1 saturated heterocycles. The maximum Gasteiger partial charge on any atom is 0.128 e. The molecule has 4 heteroatoms. The lowest BCUT2D eigenvalue weighted by molar-refractivity contribution is 0.0385. The van der Waals surface area contributed by atoms with E-state index in [0.717, 1.165) is 16.5 Å². The summed E-state index contributed by atoms with van der Waals surface area (Å²) in [5.41, 5.74) is 1.52. The lowest BCUT2D eigenvalue weighted by Gasteiger charge is -2.26. The van der Waals surface area contributed by atoms with Crippen molar-refractivity contribution in [2.75, 3.05) is 39.8 Å². The highest BCUT2D eigenvalue weighted by molar-refractivity contribution is 5.89.